The lowest BCUT2D eigenvalue weighted by Gasteiger charge is -2.36. The van der Waals surface area contributed by atoms with E-state index in [9.17, 15) is 4.79 Å². The first-order chi connectivity index (χ1) is 15.2. The molecule has 6 nitrogen and oxygen atoms in total. The van der Waals surface area contributed by atoms with Crippen LogP contribution in [0.25, 0.3) is 0 Å². The van der Waals surface area contributed by atoms with Crippen LogP contribution in [0.5, 0.6) is 5.75 Å². The lowest BCUT2D eigenvalue weighted by molar-refractivity contribution is 0.0696. The average Bonchev–Trinajstić information content (AvgIpc) is 3.46. The summed E-state index contributed by atoms with van der Waals surface area (Å²) in [6, 6.07) is 19.5. The molecule has 1 amide bonds. The van der Waals surface area contributed by atoms with E-state index < -0.39 is 0 Å². The van der Waals surface area contributed by atoms with Crippen molar-refractivity contribution < 1.29 is 14.1 Å². The van der Waals surface area contributed by atoms with Crippen LogP contribution in [0.15, 0.2) is 70.6 Å². The molecule has 0 saturated carbocycles. The molecule has 7 heteroatoms. The Morgan fingerprint density at radius 3 is 2.71 bits per heavy atom. The van der Waals surface area contributed by atoms with Gasteiger partial charge in [0.2, 0.25) is 11.7 Å². The average molecular weight is 432 g/mol. The molecule has 31 heavy (non-hydrogen) atoms. The van der Waals surface area contributed by atoms with Gasteiger partial charge in [0.25, 0.3) is 5.91 Å². The van der Waals surface area contributed by atoms with Crippen LogP contribution in [0.2, 0.25) is 0 Å². The molecule has 5 rings (SSSR count). The molecule has 0 spiro atoms. The Balaban J connectivity index is 1.36. The summed E-state index contributed by atoms with van der Waals surface area (Å²) in [5.41, 5.74) is 3.00. The zero-order valence-electron chi connectivity index (χ0n) is 17.0. The second-order valence-electron chi connectivity index (χ2n) is 7.40. The molecular weight excluding hydrogens is 410 g/mol. The Morgan fingerprint density at radius 2 is 1.97 bits per heavy atom. The van der Waals surface area contributed by atoms with Gasteiger partial charge in [0, 0.05) is 23.9 Å². The van der Waals surface area contributed by atoms with E-state index in [1.807, 2.05) is 35.2 Å². The first-order valence-electron chi connectivity index (χ1n) is 10.1. The first kappa shape index (κ1) is 19.5. The summed E-state index contributed by atoms with van der Waals surface area (Å²) in [5, 5.41) is 5.93. The third-order valence-electron chi connectivity index (χ3n) is 5.38. The van der Waals surface area contributed by atoms with Gasteiger partial charge in [-0.25, -0.2) is 0 Å². The number of ether oxygens (including phenoxy) is 1. The maximum absolute atomic E-state index is 13.5. The number of aromatic nitrogens is 2. The number of nitrogens with zero attached hydrogens (tertiary/aromatic N) is 3. The molecule has 1 aliphatic rings. The van der Waals surface area contributed by atoms with Crippen molar-refractivity contribution in [1.82, 2.24) is 15.0 Å². The minimum Gasteiger partial charge on any atom is -0.485 e. The predicted molar refractivity (Wildman–Crippen MR) is 117 cm³/mol. The van der Waals surface area contributed by atoms with Gasteiger partial charge < -0.3 is 14.2 Å². The van der Waals surface area contributed by atoms with Gasteiger partial charge in [-0.3, -0.25) is 4.79 Å². The quantitative estimate of drug-likeness (QED) is 0.454. The van der Waals surface area contributed by atoms with Crippen molar-refractivity contribution in [3.05, 3.63) is 99.3 Å². The highest BCUT2D eigenvalue weighted by atomic mass is 32.1. The molecule has 1 unspecified atom stereocenters. The Bertz CT molecular complexity index is 1180. The highest BCUT2D eigenvalue weighted by Crippen LogP contribution is 2.38. The van der Waals surface area contributed by atoms with Crippen molar-refractivity contribution in [3.8, 4) is 5.75 Å². The van der Waals surface area contributed by atoms with Gasteiger partial charge in [-0.1, -0.05) is 35.5 Å². The SMILES string of the molecule is Cc1nc(COc2ccc(C(=O)N3CCc4sccc4C3c3ccccc3)cc2)no1. The smallest absolute Gasteiger partial charge is 0.254 e. The third-order valence-corrected chi connectivity index (χ3v) is 6.38. The fourth-order valence-electron chi connectivity index (χ4n) is 3.94. The molecule has 0 saturated heterocycles. The highest BCUT2D eigenvalue weighted by Gasteiger charge is 2.33. The Morgan fingerprint density at radius 1 is 1.16 bits per heavy atom. The molecule has 0 N–H and O–H groups in total. The van der Waals surface area contributed by atoms with Crippen LogP contribution >= 0.6 is 11.3 Å². The number of fused-ring (bicyclic) bond motifs is 1. The summed E-state index contributed by atoms with van der Waals surface area (Å²) >= 11 is 1.77. The zero-order chi connectivity index (χ0) is 21.2. The molecule has 2 aromatic carbocycles. The summed E-state index contributed by atoms with van der Waals surface area (Å²) in [4.78, 5) is 20.9. The van der Waals surface area contributed by atoms with E-state index >= 15 is 0 Å². The minimum absolute atomic E-state index is 0.0195. The van der Waals surface area contributed by atoms with Crippen LogP contribution in [-0.4, -0.2) is 27.5 Å². The Hall–Kier alpha value is -3.45. The van der Waals surface area contributed by atoms with Crippen molar-refractivity contribution in [1.29, 1.82) is 0 Å². The van der Waals surface area contributed by atoms with E-state index in [1.54, 1.807) is 30.4 Å². The monoisotopic (exact) mass is 431 g/mol. The minimum atomic E-state index is -0.0684. The third kappa shape index (κ3) is 3.96. The number of hydrogen-bond acceptors (Lipinski definition) is 6. The van der Waals surface area contributed by atoms with Crippen LogP contribution < -0.4 is 4.74 Å². The topological polar surface area (TPSA) is 68.5 Å². The summed E-state index contributed by atoms with van der Waals surface area (Å²) < 4.78 is 10.6. The lowest BCUT2D eigenvalue weighted by atomic mass is 9.92. The van der Waals surface area contributed by atoms with Gasteiger partial charge in [-0.15, -0.1) is 11.3 Å². The van der Waals surface area contributed by atoms with Crippen LogP contribution in [0.4, 0.5) is 0 Å². The summed E-state index contributed by atoms with van der Waals surface area (Å²) in [6.07, 6.45) is 0.882. The van der Waals surface area contributed by atoms with E-state index in [4.69, 9.17) is 9.26 Å². The number of rotatable bonds is 5. The van der Waals surface area contributed by atoms with E-state index in [-0.39, 0.29) is 18.6 Å². The summed E-state index contributed by atoms with van der Waals surface area (Å²) in [6.45, 7) is 2.65. The lowest BCUT2D eigenvalue weighted by Crippen LogP contribution is -2.40. The largest absolute Gasteiger partial charge is 0.485 e. The molecule has 2 aromatic heterocycles. The normalized spacial score (nSPS) is 15.5. The highest BCUT2D eigenvalue weighted by molar-refractivity contribution is 7.10. The van der Waals surface area contributed by atoms with E-state index in [0.717, 1.165) is 12.0 Å². The molecule has 0 aliphatic carbocycles. The molecule has 3 heterocycles. The molecule has 4 aromatic rings. The van der Waals surface area contributed by atoms with Crippen LogP contribution in [0.1, 0.15) is 44.1 Å². The van der Waals surface area contributed by atoms with Gasteiger partial charge >= 0.3 is 0 Å². The van der Waals surface area contributed by atoms with Gasteiger partial charge in [-0.05, 0) is 53.3 Å². The van der Waals surface area contributed by atoms with E-state index in [2.05, 4.69) is 33.7 Å². The maximum Gasteiger partial charge on any atom is 0.254 e. The van der Waals surface area contributed by atoms with Crippen molar-refractivity contribution in [2.24, 2.45) is 0 Å². The summed E-state index contributed by atoms with van der Waals surface area (Å²) in [7, 11) is 0. The first-order valence-corrected chi connectivity index (χ1v) is 11.0. The number of carbonyl (C=O) groups is 1. The predicted octanol–water partition coefficient (Wildman–Crippen LogP) is 4.81. The van der Waals surface area contributed by atoms with Gasteiger partial charge in [0.1, 0.15) is 5.75 Å². The summed E-state index contributed by atoms with van der Waals surface area (Å²) in [5.74, 6) is 1.66. The van der Waals surface area contributed by atoms with Crippen molar-refractivity contribution >= 4 is 17.2 Å². The van der Waals surface area contributed by atoms with Crippen molar-refractivity contribution in [3.63, 3.8) is 0 Å². The molecule has 0 fully saturated rings. The number of benzene rings is 2. The fraction of sp³-hybridized carbons (Fsp3) is 0.208. The van der Waals surface area contributed by atoms with E-state index in [0.29, 0.717) is 29.6 Å². The number of thiophene rings is 1. The molecular formula is C24H21N3O3S. The van der Waals surface area contributed by atoms with Crippen molar-refractivity contribution in [2.75, 3.05) is 6.54 Å². The zero-order valence-corrected chi connectivity index (χ0v) is 17.8. The molecule has 156 valence electrons. The maximum atomic E-state index is 13.5. The van der Waals surface area contributed by atoms with Crippen LogP contribution in [0.3, 0.4) is 0 Å². The van der Waals surface area contributed by atoms with Gasteiger partial charge in [0.15, 0.2) is 6.61 Å². The van der Waals surface area contributed by atoms with Crippen LogP contribution in [0, 0.1) is 6.92 Å². The number of aryl methyl sites for hydroxylation is 1. The van der Waals surface area contributed by atoms with Crippen LogP contribution in [-0.2, 0) is 13.0 Å². The van der Waals surface area contributed by atoms with E-state index in [1.165, 1.54) is 10.4 Å². The second-order valence-corrected chi connectivity index (χ2v) is 8.40. The second kappa shape index (κ2) is 8.35. The fourth-order valence-corrected chi connectivity index (χ4v) is 4.84. The van der Waals surface area contributed by atoms with Crippen molar-refractivity contribution in [2.45, 2.75) is 26.0 Å². The molecule has 0 radical (unpaired) electrons. The molecule has 1 aliphatic heterocycles. The standard InChI is InChI=1S/C24H21N3O3S/c1-16-25-22(26-30-16)15-29-19-9-7-18(8-10-19)24(28)27-13-11-21-20(12-14-31-21)23(27)17-5-3-2-4-6-17/h2-10,12,14,23H,11,13,15H2,1H3. The molecule has 0 bridgehead atoms. The Labute approximate surface area is 184 Å². The molecule has 1 atom stereocenters. The Kier molecular flexibility index (Phi) is 5.26. The van der Waals surface area contributed by atoms with Gasteiger partial charge in [0.05, 0.1) is 6.04 Å². The number of amides is 1. The van der Waals surface area contributed by atoms with Gasteiger partial charge in [-0.2, -0.15) is 4.98 Å². The number of carbonyl (C=O) groups excluding carboxylic acids is 1. The number of hydrogen-bond donors (Lipinski definition) is 0.